The number of ether oxygens (including phenoxy) is 1. The number of aryl methyl sites for hydroxylation is 1. The van der Waals surface area contributed by atoms with Crippen LogP contribution in [-0.4, -0.2) is 22.4 Å². The van der Waals surface area contributed by atoms with Gasteiger partial charge in [-0.2, -0.15) is 5.10 Å². The van der Waals surface area contributed by atoms with Crippen LogP contribution < -0.4 is 5.73 Å². The van der Waals surface area contributed by atoms with E-state index >= 15 is 0 Å². The van der Waals surface area contributed by atoms with E-state index in [9.17, 15) is 4.79 Å². The minimum atomic E-state index is -0.170. The van der Waals surface area contributed by atoms with Crippen molar-refractivity contribution in [3.63, 3.8) is 0 Å². The molecule has 1 aromatic heterocycles. The highest BCUT2D eigenvalue weighted by Crippen LogP contribution is 2.16. The minimum absolute atomic E-state index is 0.170. The van der Waals surface area contributed by atoms with E-state index in [4.69, 9.17) is 10.5 Å². The fourth-order valence-corrected chi connectivity index (χ4v) is 1.46. The van der Waals surface area contributed by atoms with Crippen molar-refractivity contribution in [2.24, 2.45) is 0 Å². The number of nitrogen functional groups attached to an aromatic ring is 1. The zero-order valence-corrected chi connectivity index (χ0v) is 10.2. The number of esters is 1. The summed E-state index contributed by atoms with van der Waals surface area (Å²) >= 11 is 3.26. The van der Waals surface area contributed by atoms with Crippen LogP contribution in [0.25, 0.3) is 0 Å². The number of hydrogen-bond acceptors (Lipinski definition) is 4. The van der Waals surface area contributed by atoms with E-state index in [1.54, 1.807) is 17.8 Å². The van der Waals surface area contributed by atoms with Crippen LogP contribution in [0.4, 0.5) is 5.82 Å². The SMILES string of the molecule is CCOC(=O)CCCn1cc(Br)c(N)n1. The van der Waals surface area contributed by atoms with Crippen LogP contribution in [0.1, 0.15) is 19.8 Å². The largest absolute Gasteiger partial charge is 0.466 e. The van der Waals surface area contributed by atoms with Crippen molar-refractivity contribution in [1.82, 2.24) is 9.78 Å². The Labute approximate surface area is 96.7 Å². The lowest BCUT2D eigenvalue weighted by Crippen LogP contribution is -2.06. The molecule has 0 aromatic carbocycles. The molecule has 0 fully saturated rings. The standard InChI is InChI=1S/C9H14BrN3O2/c1-2-15-8(14)4-3-5-13-6-7(10)9(11)12-13/h6H,2-5H2,1H3,(H2,11,12). The number of aromatic nitrogens is 2. The quantitative estimate of drug-likeness (QED) is 0.829. The third kappa shape index (κ3) is 3.91. The maximum absolute atomic E-state index is 11.0. The molecule has 0 saturated heterocycles. The fraction of sp³-hybridized carbons (Fsp3) is 0.556. The lowest BCUT2D eigenvalue weighted by atomic mass is 10.3. The first kappa shape index (κ1) is 12.0. The molecule has 0 saturated carbocycles. The molecular weight excluding hydrogens is 262 g/mol. The molecule has 0 unspecified atom stereocenters. The van der Waals surface area contributed by atoms with Crippen LogP contribution in [-0.2, 0) is 16.1 Å². The fourth-order valence-electron chi connectivity index (χ4n) is 1.15. The number of halogens is 1. The van der Waals surface area contributed by atoms with E-state index in [1.165, 1.54) is 0 Å². The first-order valence-electron chi connectivity index (χ1n) is 4.77. The molecule has 5 nitrogen and oxygen atoms in total. The number of carbonyl (C=O) groups is 1. The molecule has 1 aromatic rings. The van der Waals surface area contributed by atoms with Crippen LogP contribution in [0.15, 0.2) is 10.7 Å². The predicted molar refractivity (Wildman–Crippen MR) is 60.2 cm³/mol. The molecule has 0 spiro atoms. The van der Waals surface area contributed by atoms with Crippen molar-refractivity contribution in [2.45, 2.75) is 26.3 Å². The Morgan fingerprint density at radius 2 is 2.47 bits per heavy atom. The molecule has 0 atom stereocenters. The van der Waals surface area contributed by atoms with Gasteiger partial charge in [0, 0.05) is 19.2 Å². The van der Waals surface area contributed by atoms with E-state index < -0.39 is 0 Å². The lowest BCUT2D eigenvalue weighted by molar-refractivity contribution is -0.143. The van der Waals surface area contributed by atoms with Crippen molar-refractivity contribution >= 4 is 27.7 Å². The first-order valence-corrected chi connectivity index (χ1v) is 5.56. The van der Waals surface area contributed by atoms with Crippen molar-refractivity contribution in [3.8, 4) is 0 Å². The van der Waals surface area contributed by atoms with Gasteiger partial charge in [0.1, 0.15) is 0 Å². The molecular formula is C9H14BrN3O2. The molecule has 84 valence electrons. The van der Waals surface area contributed by atoms with Gasteiger partial charge in [-0.05, 0) is 29.3 Å². The summed E-state index contributed by atoms with van der Waals surface area (Å²) in [5, 5.41) is 4.05. The summed E-state index contributed by atoms with van der Waals surface area (Å²) in [6.07, 6.45) is 2.90. The number of hydrogen-bond donors (Lipinski definition) is 1. The van der Waals surface area contributed by atoms with Gasteiger partial charge < -0.3 is 10.5 Å². The topological polar surface area (TPSA) is 70.1 Å². The molecule has 0 aliphatic rings. The van der Waals surface area contributed by atoms with Crippen molar-refractivity contribution in [3.05, 3.63) is 10.7 Å². The summed E-state index contributed by atoms with van der Waals surface area (Å²) in [7, 11) is 0. The summed E-state index contributed by atoms with van der Waals surface area (Å²) in [6, 6.07) is 0. The van der Waals surface area contributed by atoms with Gasteiger partial charge in [-0.3, -0.25) is 9.48 Å². The lowest BCUT2D eigenvalue weighted by Gasteiger charge is -2.01. The summed E-state index contributed by atoms with van der Waals surface area (Å²) < 4.78 is 7.29. The Kier molecular flexibility index (Phi) is 4.61. The van der Waals surface area contributed by atoms with Crippen LogP contribution >= 0.6 is 15.9 Å². The van der Waals surface area contributed by atoms with E-state index in [2.05, 4.69) is 21.0 Å². The van der Waals surface area contributed by atoms with Crippen LogP contribution in [0.3, 0.4) is 0 Å². The minimum Gasteiger partial charge on any atom is -0.466 e. The van der Waals surface area contributed by atoms with E-state index in [0.29, 0.717) is 31.8 Å². The molecule has 0 amide bonds. The maximum Gasteiger partial charge on any atom is 0.305 e. The van der Waals surface area contributed by atoms with Gasteiger partial charge in [0.25, 0.3) is 0 Å². The van der Waals surface area contributed by atoms with E-state index in [0.717, 1.165) is 4.47 Å². The van der Waals surface area contributed by atoms with Crippen molar-refractivity contribution in [1.29, 1.82) is 0 Å². The molecule has 2 N–H and O–H groups in total. The Morgan fingerprint density at radius 1 is 1.73 bits per heavy atom. The summed E-state index contributed by atoms with van der Waals surface area (Å²) in [5.74, 6) is 0.294. The van der Waals surface area contributed by atoms with Gasteiger partial charge in [0.15, 0.2) is 5.82 Å². The van der Waals surface area contributed by atoms with E-state index in [1.807, 2.05) is 0 Å². The summed E-state index contributed by atoms with van der Waals surface area (Å²) in [6.45, 7) is 2.89. The number of carbonyl (C=O) groups excluding carboxylic acids is 1. The van der Waals surface area contributed by atoms with Crippen molar-refractivity contribution < 1.29 is 9.53 Å². The van der Waals surface area contributed by atoms with Crippen molar-refractivity contribution in [2.75, 3.05) is 12.3 Å². The Hall–Kier alpha value is -1.04. The average Bonchev–Trinajstić information content (AvgIpc) is 2.46. The van der Waals surface area contributed by atoms with Gasteiger partial charge in [-0.1, -0.05) is 0 Å². The zero-order chi connectivity index (χ0) is 11.3. The van der Waals surface area contributed by atoms with Gasteiger partial charge in [-0.25, -0.2) is 0 Å². The van der Waals surface area contributed by atoms with Gasteiger partial charge in [0.05, 0.1) is 11.1 Å². The predicted octanol–water partition coefficient (Wildman–Crippen LogP) is 1.57. The second kappa shape index (κ2) is 5.75. The average molecular weight is 276 g/mol. The monoisotopic (exact) mass is 275 g/mol. The molecule has 6 heteroatoms. The number of anilines is 1. The number of rotatable bonds is 5. The zero-order valence-electron chi connectivity index (χ0n) is 8.57. The molecule has 1 rings (SSSR count). The van der Waals surface area contributed by atoms with Gasteiger partial charge in [-0.15, -0.1) is 0 Å². The van der Waals surface area contributed by atoms with Gasteiger partial charge in [0.2, 0.25) is 0 Å². The molecule has 0 aliphatic carbocycles. The van der Waals surface area contributed by atoms with Gasteiger partial charge >= 0.3 is 5.97 Å². The smallest absolute Gasteiger partial charge is 0.305 e. The Balaban J connectivity index is 2.28. The Morgan fingerprint density at radius 3 is 3.00 bits per heavy atom. The molecule has 0 aliphatic heterocycles. The van der Waals surface area contributed by atoms with Crippen LogP contribution in [0.5, 0.6) is 0 Å². The molecule has 0 bridgehead atoms. The van der Waals surface area contributed by atoms with Crippen LogP contribution in [0.2, 0.25) is 0 Å². The second-order valence-electron chi connectivity index (χ2n) is 3.03. The Bertz CT molecular complexity index is 319. The van der Waals surface area contributed by atoms with E-state index in [-0.39, 0.29) is 5.97 Å². The third-order valence-corrected chi connectivity index (χ3v) is 2.43. The highest BCUT2D eigenvalue weighted by Gasteiger charge is 2.04. The maximum atomic E-state index is 11.0. The third-order valence-electron chi connectivity index (χ3n) is 1.82. The number of nitrogens with zero attached hydrogens (tertiary/aromatic N) is 2. The first-order chi connectivity index (χ1) is 7.13. The molecule has 0 radical (unpaired) electrons. The molecule has 1 heterocycles. The summed E-state index contributed by atoms with van der Waals surface area (Å²) in [4.78, 5) is 11.0. The second-order valence-corrected chi connectivity index (χ2v) is 3.89. The number of nitrogens with two attached hydrogens (primary N) is 1. The highest BCUT2D eigenvalue weighted by molar-refractivity contribution is 9.10. The van der Waals surface area contributed by atoms with Crippen LogP contribution in [0, 0.1) is 0 Å². The highest BCUT2D eigenvalue weighted by atomic mass is 79.9. The summed E-state index contributed by atoms with van der Waals surface area (Å²) in [5.41, 5.74) is 5.55. The molecule has 15 heavy (non-hydrogen) atoms. The normalized spacial score (nSPS) is 10.3.